The molecule has 1 unspecified atom stereocenters. The summed E-state index contributed by atoms with van der Waals surface area (Å²) in [6.45, 7) is 5.89. The number of rotatable bonds is 20. The van der Waals surface area contributed by atoms with E-state index in [2.05, 4.69) is 26.0 Å². The zero-order valence-electron chi connectivity index (χ0n) is 17.3. The molecule has 0 aromatic rings. The van der Waals surface area contributed by atoms with Crippen LogP contribution in [0.5, 0.6) is 0 Å². The minimum atomic E-state index is -0.356. The van der Waals surface area contributed by atoms with Gasteiger partial charge in [-0.1, -0.05) is 109 Å². The Morgan fingerprint density at radius 2 is 0.960 bits per heavy atom. The fourth-order valence-electron chi connectivity index (χ4n) is 3.33. The van der Waals surface area contributed by atoms with Crippen molar-refractivity contribution >= 4 is 0 Å². The smallest absolute Gasteiger partial charge is 0.0541 e. The van der Waals surface area contributed by atoms with Gasteiger partial charge >= 0.3 is 0 Å². The molecular weight excluding hydrogens is 304 g/mol. The summed E-state index contributed by atoms with van der Waals surface area (Å²) in [6, 6.07) is 0. The van der Waals surface area contributed by atoms with E-state index in [4.69, 9.17) is 5.11 Å². The molecule has 0 saturated heterocycles. The lowest BCUT2D eigenvalue weighted by Crippen LogP contribution is -1.98. The van der Waals surface area contributed by atoms with Crippen molar-refractivity contribution < 1.29 is 5.11 Å². The Hall–Kier alpha value is -0.300. The van der Waals surface area contributed by atoms with Gasteiger partial charge in [0.1, 0.15) is 0 Å². The van der Waals surface area contributed by atoms with Crippen LogP contribution in [-0.2, 0) is 0 Å². The molecule has 0 rings (SSSR count). The Morgan fingerprint density at radius 3 is 1.36 bits per heavy atom. The molecule has 149 valence electrons. The normalized spacial score (nSPS) is 12.9. The summed E-state index contributed by atoms with van der Waals surface area (Å²) >= 11 is 0. The molecular formula is C24H47O. The summed E-state index contributed by atoms with van der Waals surface area (Å²) in [5.41, 5.74) is 0. The lowest BCUT2D eigenvalue weighted by Gasteiger charge is -2.04. The van der Waals surface area contributed by atoms with Crippen molar-refractivity contribution in [2.75, 3.05) is 0 Å². The molecule has 0 spiro atoms. The number of aliphatic hydroxyl groups excluding tert-OH is 1. The summed E-state index contributed by atoms with van der Waals surface area (Å²) in [7, 11) is 0. The van der Waals surface area contributed by atoms with E-state index < -0.39 is 0 Å². The van der Waals surface area contributed by atoms with Crippen LogP contribution in [0.4, 0.5) is 0 Å². The van der Waals surface area contributed by atoms with Crippen LogP contribution in [0, 0.1) is 6.92 Å². The third-order valence-electron chi connectivity index (χ3n) is 5.05. The molecule has 1 radical (unpaired) electrons. The van der Waals surface area contributed by atoms with Gasteiger partial charge in [-0.25, -0.2) is 0 Å². The first-order chi connectivity index (χ1) is 12.3. The van der Waals surface area contributed by atoms with E-state index in [1.807, 2.05) is 0 Å². The van der Waals surface area contributed by atoms with Gasteiger partial charge in [0.2, 0.25) is 0 Å². The monoisotopic (exact) mass is 351 g/mol. The fourth-order valence-corrected chi connectivity index (χ4v) is 3.33. The van der Waals surface area contributed by atoms with E-state index in [0.29, 0.717) is 0 Å². The maximum absolute atomic E-state index is 9.09. The predicted molar refractivity (Wildman–Crippen MR) is 114 cm³/mol. The second kappa shape index (κ2) is 21.7. The van der Waals surface area contributed by atoms with E-state index in [-0.39, 0.29) is 6.10 Å². The molecule has 0 amide bonds. The third kappa shape index (κ3) is 23.7. The molecule has 25 heavy (non-hydrogen) atoms. The summed E-state index contributed by atoms with van der Waals surface area (Å²) in [6.07, 6.45) is 29.9. The van der Waals surface area contributed by atoms with Crippen molar-refractivity contribution in [3.63, 3.8) is 0 Å². The molecule has 0 aliphatic rings. The molecule has 0 bridgehead atoms. The van der Waals surface area contributed by atoms with Gasteiger partial charge in [0.05, 0.1) is 6.10 Å². The highest BCUT2D eigenvalue weighted by Gasteiger charge is 1.96. The lowest BCUT2D eigenvalue weighted by molar-refractivity contribution is 0.205. The van der Waals surface area contributed by atoms with Crippen molar-refractivity contribution in [3.8, 4) is 0 Å². The molecule has 1 heteroatoms. The van der Waals surface area contributed by atoms with Crippen molar-refractivity contribution in [1.29, 1.82) is 0 Å². The van der Waals surface area contributed by atoms with E-state index >= 15 is 0 Å². The van der Waals surface area contributed by atoms with Gasteiger partial charge < -0.3 is 5.11 Å². The van der Waals surface area contributed by atoms with Crippen molar-refractivity contribution in [2.45, 2.75) is 135 Å². The van der Waals surface area contributed by atoms with Crippen LogP contribution in [0.25, 0.3) is 0 Å². The zero-order chi connectivity index (χ0) is 18.4. The Kier molecular flexibility index (Phi) is 21.5. The van der Waals surface area contributed by atoms with Crippen LogP contribution < -0.4 is 0 Å². The maximum Gasteiger partial charge on any atom is 0.0541 e. The van der Waals surface area contributed by atoms with E-state index in [0.717, 1.165) is 12.8 Å². The molecule has 1 atom stereocenters. The SMILES string of the molecule is [CH2]C(O)CCCCCCCCCCCCC=CCCCCCCCC. The van der Waals surface area contributed by atoms with Crippen LogP contribution in [-0.4, -0.2) is 11.2 Å². The lowest BCUT2D eigenvalue weighted by atomic mass is 10.0. The highest BCUT2D eigenvalue weighted by molar-refractivity contribution is 4.81. The summed E-state index contributed by atoms with van der Waals surface area (Å²) in [5, 5.41) is 9.09. The van der Waals surface area contributed by atoms with Crippen LogP contribution in [0.2, 0.25) is 0 Å². The Morgan fingerprint density at radius 1 is 0.600 bits per heavy atom. The number of aliphatic hydroxyl groups is 1. The zero-order valence-corrected chi connectivity index (χ0v) is 17.3. The van der Waals surface area contributed by atoms with Crippen molar-refractivity contribution in [2.24, 2.45) is 0 Å². The quantitative estimate of drug-likeness (QED) is 0.173. The molecule has 0 aliphatic heterocycles. The predicted octanol–water partition coefficient (Wildman–Crippen LogP) is 8.17. The van der Waals surface area contributed by atoms with Crippen LogP contribution in [0.3, 0.4) is 0 Å². The van der Waals surface area contributed by atoms with Crippen molar-refractivity contribution in [3.05, 3.63) is 19.1 Å². The molecule has 0 heterocycles. The van der Waals surface area contributed by atoms with Crippen LogP contribution in [0.1, 0.15) is 129 Å². The standard InChI is InChI=1S/C24H47O/c1-3-4-5-6-7-8-9-10-11-12-13-14-15-16-17-18-19-20-21-22-23-24(2)25/h10-11,24-25H,2-9,12-23H2,1H3. The second-order valence-electron chi connectivity index (χ2n) is 7.79. The summed E-state index contributed by atoms with van der Waals surface area (Å²) < 4.78 is 0. The largest absolute Gasteiger partial charge is 0.393 e. The van der Waals surface area contributed by atoms with Crippen molar-refractivity contribution in [1.82, 2.24) is 0 Å². The summed E-state index contributed by atoms with van der Waals surface area (Å²) in [5.74, 6) is 0. The molecule has 0 aromatic heterocycles. The Labute approximate surface area is 159 Å². The fraction of sp³-hybridized carbons (Fsp3) is 0.875. The van der Waals surface area contributed by atoms with Gasteiger partial charge in [-0.15, -0.1) is 0 Å². The van der Waals surface area contributed by atoms with Gasteiger partial charge in [-0.2, -0.15) is 0 Å². The first kappa shape index (κ1) is 24.7. The molecule has 0 aromatic carbocycles. The van der Waals surface area contributed by atoms with E-state index in [1.165, 1.54) is 109 Å². The van der Waals surface area contributed by atoms with Gasteiger partial charge in [-0.3, -0.25) is 0 Å². The Bertz CT molecular complexity index is 257. The average Bonchev–Trinajstić information content (AvgIpc) is 2.60. The van der Waals surface area contributed by atoms with Crippen LogP contribution in [0.15, 0.2) is 12.2 Å². The summed E-state index contributed by atoms with van der Waals surface area (Å²) in [4.78, 5) is 0. The number of hydrogen-bond acceptors (Lipinski definition) is 1. The molecule has 1 N–H and O–H groups in total. The Balaban J connectivity index is 3.05. The first-order valence-corrected chi connectivity index (χ1v) is 11.4. The highest BCUT2D eigenvalue weighted by atomic mass is 16.3. The van der Waals surface area contributed by atoms with Gasteiger partial charge in [0, 0.05) is 0 Å². The van der Waals surface area contributed by atoms with Gasteiger partial charge in [0.25, 0.3) is 0 Å². The van der Waals surface area contributed by atoms with Gasteiger partial charge in [-0.05, 0) is 39.0 Å². The highest BCUT2D eigenvalue weighted by Crippen LogP contribution is 2.13. The van der Waals surface area contributed by atoms with E-state index in [9.17, 15) is 0 Å². The topological polar surface area (TPSA) is 20.2 Å². The minimum Gasteiger partial charge on any atom is -0.393 e. The molecule has 1 nitrogen and oxygen atoms in total. The number of allylic oxidation sites excluding steroid dienone is 2. The third-order valence-corrected chi connectivity index (χ3v) is 5.05. The maximum atomic E-state index is 9.09. The number of unbranched alkanes of at least 4 members (excludes halogenated alkanes) is 16. The second-order valence-corrected chi connectivity index (χ2v) is 7.79. The average molecular weight is 352 g/mol. The first-order valence-electron chi connectivity index (χ1n) is 11.4. The number of hydrogen-bond donors (Lipinski definition) is 1. The van der Waals surface area contributed by atoms with E-state index in [1.54, 1.807) is 0 Å². The van der Waals surface area contributed by atoms with Crippen LogP contribution >= 0.6 is 0 Å². The minimum absolute atomic E-state index is 0.356. The molecule has 0 saturated carbocycles. The molecule has 0 fully saturated rings. The van der Waals surface area contributed by atoms with Gasteiger partial charge in [0.15, 0.2) is 0 Å². The molecule has 0 aliphatic carbocycles.